The SMILES string of the molecule is CCC(OC(=O)c1ccccc1-c1nc2ccccc2[nH]1)C(=O)Nc1nc(-c2cccs2)cs1. The van der Waals surface area contributed by atoms with Crippen LogP contribution in [0, 0.1) is 0 Å². The topological polar surface area (TPSA) is 97.0 Å². The van der Waals surface area contributed by atoms with Gasteiger partial charge in [-0.25, -0.2) is 14.8 Å². The number of H-pyrrole nitrogens is 1. The van der Waals surface area contributed by atoms with Crippen LogP contribution >= 0.6 is 22.7 Å². The first kappa shape index (κ1) is 22.0. The zero-order chi connectivity index (χ0) is 23.5. The number of thiophene rings is 1. The Morgan fingerprint density at radius 2 is 1.85 bits per heavy atom. The molecule has 0 saturated carbocycles. The maximum atomic E-state index is 13.1. The lowest BCUT2D eigenvalue weighted by atomic mass is 10.1. The molecule has 0 bridgehead atoms. The molecular weight excluding hydrogens is 468 g/mol. The van der Waals surface area contributed by atoms with E-state index in [0.29, 0.717) is 28.5 Å². The number of ether oxygens (including phenoxy) is 1. The molecule has 0 spiro atoms. The minimum Gasteiger partial charge on any atom is -0.449 e. The lowest BCUT2D eigenvalue weighted by molar-refractivity contribution is -0.124. The number of para-hydroxylation sites is 2. The lowest BCUT2D eigenvalue weighted by Crippen LogP contribution is -2.32. The quantitative estimate of drug-likeness (QED) is 0.274. The van der Waals surface area contributed by atoms with Crippen LogP contribution in [0.2, 0.25) is 0 Å². The summed E-state index contributed by atoms with van der Waals surface area (Å²) in [5.41, 5.74) is 3.43. The molecular formula is C25H20N4O3S2. The summed E-state index contributed by atoms with van der Waals surface area (Å²) in [7, 11) is 0. The Balaban J connectivity index is 1.32. The minimum atomic E-state index is -0.953. The van der Waals surface area contributed by atoms with Crippen LogP contribution in [0.15, 0.2) is 71.4 Å². The fraction of sp³-hybridized carbons (Fsp3) is 0.120. The monoisotopic (exact) mass is 488 g/mol. The van der Waals surface area contributed by atoms with E-state index in [4.69, 9.17) is 4.74 Å². The Labute approximate surface area is 203 Å². The molecule has 0 aliphatic rings. The van der Waals surface area contributed by atoms with Gasteiger partial charge in [-0.2, -0.15) is 0 Å². The highest BCUT2D eigenvalue weighted by Gasteiger charge is 2.25. The number of rotatable bonds is 7. The summed E-state index contributed by atoms with van der Waals surface area (Å²) in [5, 5.41) is 7.10. The van der Waals surface area contributed by atoms with E-state index in [1.807, 2.05) is 53.2 Å². The first-order valence-electron chi connectivity index (χ1n) is 10.7. The fourth-order valence-electron chi connectivity index (χ4n) is 3.52. The zero-order valence-corrected chi connectivity index (χ0v) is 19.8. The molecule has 0 fully saturated rings. The summed E-state index contributed by atoms with van der Waals surface area (Å²) in [6, 6.07) is 18.6. The number of benzene rings is 2. The van der Waals surface area contributed by atoms with Crippen LogP contribution in [0.25, 0.3) is 33.0 Å². The molecule has 34 heavy (non-hydrogen) atoms. The van der Waals surface area contributed by atoms with Crippen molar-refractivity contribution in [2.24, 2.45) is 0 Å². The molecule has 5 aromatic rings. The van der Waals surface area contributed by atoms with E-state index in [-0.39, 0.29) is 0 Å². The maximum Gasteiger partial charge on any atom is 0.339 e. The standard InChI is InChI=1S/C25H20N4O3S2/c1-2-20(23(30)29-25-28-19(14-34-25)21-12-7-13-33-21)32-24(31)16-9-4-3-8-15(16)22-26-17-10-5-6-11-18(17)27-22/h3-14,20H,2H2,1H3,(H,26,27)(H,28,29,30). The van der Waals surface area contributed by atoms with Gasteiger partial charge in [-0.15, -0.1) is 22.7 Å². The van der Waals surface area contributed by atoms with E-state index in [1.165, 1.54) is 11.3 Å². The van der Waals surface area contributed by atoms with E-state index in [0.717, 1.165) is 21.6 Å². The van der Waals surface area contributed by atoms with Crippen molar-refractivity contribution >= 4 is 50.7 Å². The van der Waals surface area contributed by atoms with Crippen LogP contribution in [-0.2, 0) is 9.53 Å². The number of esters is 1. The summed E-state index contributed by atoms with van der Waals surface area (Å²) in [4.78, 5) is 39.2. The highest BCUT2D eigenvalue weighted by atomic mass is 32.1. The molecule has 170 valence electrons. The molecule has 2 N–H and O–H groups in total. The van der Waals surface area contributed by atoms with Gasteiger partial charge in [0.1, 0.15) is 5.82 Å². The van der Waals surface area contributed by atoms with Gasteiger partial charge in [-0.3, -0.25) is 10.1 Å². The molecule has 2 aromatic carbocycles. The van der Waals surface area contributed by atoms with Crippen molar-refractivity contribution in [1.29, 1.82) is 0 Å². The third-order valence-corrected chi connectivity index (χ3v) is 6.86. The number of aromatic nitrogens is 3. The predicted octanol–water partition coefficient (Wildman–Crippen LogP) is 5.99. The average Bonchev–Trinajstić information content (AvgIpc) is 3.62. The molecule has 0 saturated heterocycles. The molecule has 0 aliphatic carbocycles. The molecule has 1 amide bonds. The van der Waals surface area contributed by atoms with E-state index in [1.54, 1.807) is 36.5 Å². The lowest BCUT2D eigenvalue weighted by Gasteiger charge is -2.16. The van der Waals surface area contributed by atoms with E-state index >= 15 is 0 Å². The molecule has 9 heteroatoms. The van der Waals surface area contributed by atoms with Gasteiger partial charge >= 0.3 is 5.97 Å². The number of hydrogen-bond acceptors (Lipinski definition) is 7. The van der Waals surface area contributed by atoms with Gasteiger partial charge in [-0.05, 0) is 36.1 Å². The predicted molar refractivity (Wildman–Crippen MR) is 135 cm³/mol. The zero-order valence-electron chi connectivity index (χ0n) is 18.1. The van der Waals surface area contributed by atoms with E-state index < -0.39 is 18.0 Å². The number of carbonyl (C=O) groups excluding carboxylic acids is 2. The van der Waals surface area contributed by atoms with Gasteiger partial charge in [0.25, 0.3) is 5.91 Å². The van der Waals surface area contributed by atoms with Gasteiger partial charge in [0.05, 0.1) is 27.2 Å². The summed E-state index contributed by atoms with van der Waals surface area (Å²) in [6.07, 6.45) is -0.626. The second-order valence-electron chi connectivity index (χ2n) is 7.45. The van der Waals surface area contributed by atoms with Crippen molar-refractivity contribution in [2.45, 2.75) is 19.4 Å². The summed E-state index contributed by atoms with van der Waals surface area (Å²) in [6.45, 7) is 1.79. The van der Waals surface area contributed by atoms with E-state index in [9.17, 15) is 9.59 Å². The molecule has 0 radical (unpaired) electrons. The molecule has 7 nitrogen and oxygen atoms in total. The maximum absolute atomic E-state index is 13.1. The van der Waals surface area contributed by atoms with E-state index in [2.05, 4.69) is 20.3 Å². The Kier molecular flexibility index (Phi) is 6.20. The Morgan fingerprint density at radius 3 is 2.65 bits per heavy atom. The van der Waals surface area contributed by atoms with Crippen molar-refractivity contribution < 1.29 is 14.3 Å². The first-order valence-corrected chi connectivity index (χ1v) is 12.4. The van der Waals surface area contributed by atoms with Crippen molar-refractivity contribution in [3.8, 4) is 22.0 Å². The van der Waals surface area contributed by atoms with Crippen LogP contribution < -0.4 is 5.32 Å². The number of imidazole rings is 1. The van der Waals surface area contributed by atoms with Gasteiger partial charge < -0.3 is 9.72 Å². The van der Waals surface area contributed by atoms with Crippen molar-refractivity contribution in [3.05, 3.63) is 77.0 Å². The van der Waals surface area contributed by atoms with Crippen LogP contribution in [-0.4, -0.2) is 32.9 Å². The van der Waals surface area contributed by atoms with Crippen molar-refractivity contribution in [3.63, 3.8) is 0 Å². The number of fused-ring (bicyclic) bond motifs is 1. The third-order valence-electron chi connectivity index (χ3n) is 5.21. The van der Waals surface area contributed by atoms with Gasteiger partial charge in [0.15, 0.2) is 11.2 Å². The number of anilines is 1. The molecule has 0 aliphatic heterocycles. The van der Waals surface area contributed by atoms with Crippen molar-refractivity contribution in [2.75, 3.05) is 5.32 Å². The van der Waals surface area contributed by atoms with Crippen LogP contribution in [0.4, 0.5) is 5.13 Å². The smallest absolute Gasteiger partial charge is 0.339 e. The van der Waals surface area contributed by atoms with Crippen LogP contribution in [0.1, 0.15) is 23.7 Å². The second-order valence-corrected chi connectivity index (χ2v) is 9.26. The number of aromatic amines is 1. The molecule has 3 aromatic heterocycles. The van der Waals surface area contributed by atoms with Crippen LogP contribution in [0.5, 0.6) is 0 Å². The average molecular weight is 489 g/mol. The summed E-state index contributed by atoms with van der Waals surface area (Å²) in [5.74, 6) is -0.434. The van der Waals surface area contributed by atoms with Crippen LogP contribution in [0.3, 0.4) is 0 Å². The number of thiazole rings is 1. The summed E-state index contributed by atoms with van der Waals surface area (Å²) < 4.78 is 5.62. The van der Waals surface area contributed by atoms with Crippen molar-refractivity contribution in [1.82, 2.24) is 15.0 Å². The molecule has 1 atom stereocenters. The Bertz CT molecular complexity index is 1420. The Hall–Kier alpha value is -3.82. The summed E-state index contributed by atoms with van der Waals surface area (Å²) >= 11 is 2.91. The largest absolute Gasteiger partial charge is 0.449 e. The van der Waals surface area contributed by atoms with Gasteiger partial charge in [0.2, 0.25) is 0 Å². The highest BCUT2D eigenvalue weighted by Crippen LogP contribution is 2.29. The van der Waals surface area contributed by atoms with Gasteiger partial charge in [-0.1, -0.05) is 43.3 Å². The number of hydrogen-bond donors (Lipinski definition) is 2. The fourth-order valence-corrected chi connectivity index (χ4v) is 4.99. The highest BCUT2D eigenvalue weighted by molar-refractivity contribution is 7.16. The normalized spacial score (nSPS) is 11.9. The number of nitrogens with zero attached hydrogens (tertiary/aromatic N) is 2. The molecule has 5 rings (SSSR count). The third kappa shape index (κ3) is 4.48. The molecule has 3 heterocycles. The molecule has 1 unspecified atom stereocenters. The minimum absolute atomic E-state index is 0.327. The Morgan fingerprint density at radius 1 is 1.03 bits per heavy atom. The second kappa shape index (κ2) is 9.58. The van der Waals surface area contributed by atoms with Gasteiger partial charge in [0, 0.05) is 10.9 Å². The number of carbonyl (C=O) groups is 2. The number of amides is 1. The number of nitrogens with one attached hydrogen (secondary N) is 2. The first-order chi connectivity index (χ1) is 16.6.